The maximum absolute atomic E-state index is 12.0. The van der Waals surface area contributed by atoms with Gasteiger partial charge in [0.15, 0.2) is 0 Å². The average Bonchev–Trinajstić information content (AvgIpc) is 2.36. The molecule has 138 valence electrons. The van der Waals surface area contributed by atoms with E-state index in [0.717, 1.165) is 3.57 Å². The minimum Gasteiger partial charge on any atom is -0.444 e. The van der Waals surface area contributed by atoms with Gasteiger partial charge in [-0.05, 0) is 76.3 Å². The number of carbonyl (C=O) groups excluding carboxylic acids is 2. The normalized spacial score (nSPS) is 11.3. The Morgan fingerprint density at radius 2 is 1.36 bits per heavy atom. The van der Waals surface area contributed by atoms with Gasteiger partial charge in [-0.1, -0.05) is 12.1 Å². The van der Waals surface area contributed by atoms with Crippen molar-refractivity contribution >= 4 is 46.4 Å². The molecule has 0 aliphatic carbocycles. The van der Waals surface area contributed by atoms with Crippen molar-refractivity contribution in [3.63, 3.8) is 0 Å². The van der Waals surface area contributed by atoms with Crippen LogP contribution in [0.25, 0.3) is 0 Å². The third kappa shape index (κ3) is 9.28. The van der Waals surface area contributed by atoms with Crippen molar-refractivity contribution in [3.05, 3.63) is 27.8 Å². The van der Waals surface area contributed by atoms with Crippen LogP contribution in [0.5, 0.6) is 0 Å². The minimum absolute atomic E-state index is 0.0763. The van der Waals surface area contributed by atoms with Gasteiger partial charge in [-0.3, -0.25) is 10.6 Å². The van der Waals surface area contributed by atoms with Crippen molar-refractivity contribution < 1.29 is 19.1 Å². The first kappa shape index (κ1) is 21.2. The van der Waals surface area contributed by atoms with Gasteiger partial charge < -0.3 is 9.47 Å². The van der Waals surface area contributed by atoms with Crippen molar-refractivity contribution in [2.45, 2.75) is 52.7 Å². The molecule has 0 heterocycles. The van der Waals surface area contributed by atoms with E-state index < -0.39 is 23.4 Å². The quantitative estimate of drug-likeness (QED) is 0.370. The zero-order chi connectivity index (χ0) is 19.3. The average molecular weight is 461 g/mol. The predicted molar refractivity (Wildman–Crippen MR) is 105 cm³/mol. The maximum atomic E-state index is 12.0. The highest BCUT2D eigenvalue weighted by Crippen LogP contribution is 2.20. The van der Waals surface area contributed by atoms with Gasteiger partial charge >= 0.3 is 12.2 Å². The van der Waals surface area contributed by atoms with Gasteiger partial charge in [0.05, 0.1) is 5.69 Å². The van der Waals surface area contributed by atoms with E-state index >= 15 is 0 Å². The highest BCUT2D eigenvalue weighted by atomic mass is 127. The predicted octanol–water partition coefficient (Wildman–Crippen LogP) is 4.33. The number of rotatable bonds is 1. The lowest BCUT2D eigenvalue weighted by Gasteiger charge is -2.22. The molecule has 0 atom stereocenters. The molecule has 8 heteroatoms. The first-order valence-electron chi connectivity index (χ1n) is 7.69. The molecule has 0 fully saturated rings. The number of carbonyl (C=O) groups is 2. The summed E-state index contributed by atoms with van der Waals surface area (Å²) in [6.45, 7) is 10.4. The minimum atomic E-state index is -0.728. The number of para-hydroxylation sites is 1. The summed E-state index contributed by atoms with van der Waals surface area (Å²) < 4.78 is 11.2. The monoisotopic (exact) mass is 461 g/mol. The zero-order valence-electron chi connectivity index (χ0n) is 15.3. The fourth-order valence-corrected chi connectivity index (χ4v) is 2.06. The zero-order valence-corrected chi connectivity index (χ0v) is 17.4. The largest absolute Gasteiger partial charge is 0.444 e. The second-order valence-electron chi connectivity index (χ2n) is 7.17. The molecule has 0 spiro atoms. The number of aliphatic imine (C=N–C) groups is 1. The number of guanidine groups is 1. The highest BCUT2D eigenvalue weighted by molar-refractivity contribution is 14.1. The Bertz CT molecular complexity index is 629. The van der Waals surface area contributed by atoms with Crippen LogP contribution < -0.4 is 10.6 Å². The van der Waals surface area contributed by atoms with Crippen LogP contribution in [0, 0.1) is 3.57 Å². The van der Waals surface area contributed by atoms with E-state index in [0.29, 0.717) is 5.69 Å². The first-order chi connectivity index (χ1) is 11.4. The van der Waals surface area contributed by atoms with Gasteiger partial charge in [0.1, 0.15) is 11.2 Å². The van der Waals surface area contributed by atoms with Crippen molar-refractivity contribution in [1.29, 1.82) is 0 Å². The highest BCUT2D eigenvalue weighted by Gasteiger charge is 2.21. The van der Waals surface area contributed by atoms with E-state index in [1.807, 2.05) is 12.1 Å². The Kier molecular flexibility index (Phi) is 7.21. The first-order valence-corrected chi connectivity index (χ1v) is 8.77. The third-order valence-electron chi connectivity index (χ3n) is 2.32. The third-order valence-corrected chi connectivity index (χ3v) is 3.24. The molecule has 0 unspecified atom stereocenters. The van der Waals surface area contributed by atoms with Crippen LogP contribution in [0.4, 0.5) is 15.3 Å². The Labute approximate surface area is 161 Å². The summed E-state index contributed by atoms with van der Waals surface area (Å²) in [7, 11) is 0. The molecule has 25 heavy (non-hydrogen) atoms. The molecular formula is C17H24IN3O4. The number of hydrogen-bond acceptors (Lipinski definition) is 5. The van der Waals surface area contributed by atoms with E-state index in [1.165, 1.54) is 0 Å². The molecule has 0 radical (unpaired) electrons. The van der Waals surface area contributed by atoms with Crippen LogP contribution in [0.3, 0.4) is 0 Å². The molecule has 1 aromatic rings. The van der Waals surface area contributed by atoms with Crippen molar-refractivity contribution in [2.75, 3.05) is 0 Å². The van der Waals surface area contributed by atoms with Crippen LogP contribution in [0.15, 0.2) is 29.3 Å². The smallest absolute Gasteiger partial charge is 0.414 e. The van der Waals surface area contributed by atoms with E-state index in [9.17, 15) is 9.59 Å². The summed E-state index contributed by atoms with van der Waals surface area (Å²) in [5.41, 5.74) is -0.768. The van der Waals surface area contributed by atoms with E-state index in [4.69, 9.17) is 9.47 Å². The Morgan fingerprint density at radius 3 is 1.76 bits per heavy atom. The Balaban J connectivity index is 3.00. The van der Waals surface area contributed by atoms with Gasteiger partial charge in [-0.25, -0.2) is 14.6 Å². The maximum Gasteiger partial charge on any atom is 0.414 e. The van der Waals surface area contributed by atoms with Crippen molar-refractivity contribution in [1.82, 2.24) is 10.6 Å². The van der Waals surface area contributed by atoms with Crippen LogP contribution in [0.1, 0.15) is 41.5 Å². The number of ether oxygens (including phenoxy) is 2. The molecule has 0 saturated heterocycles. The number of nitrogens with one attached hydrogen (secondary N) is 2. The Morgan fingerprint density at radius 1 is 0.920 bits per heavy atom. The number of hydrogen-bond donors (Lipinski definition) is 2. The number of halogens is 1. The molecule has 7 nitrogen and oxygen atoms in total. The number of benzene rings is 1. The molecule has 1 rings (SSSR count). The number of alkyl carbamates (subject to hydrolysis) is 2. The van der Waals surface area contributed by atoms with Gasteiger partial charge in [0.2, 0.25) is 5.96 Å². The molecule has 2 N–H and O–H groups in total. The lowest BCUT2D eigenvalue weighted by atomic mass is 10.2. The van der Waals surface area contributed by atoms with E-state index in [1.54, 1.807) is 53.7 Å². The standard InChI is InChI=1S/C17H24IN3O4/c1-16(2,3)24-14(22)20-13(21-15(23)25-17(4,5)6)19-12-10-8-7-9-11(12)18/h7-10H,1-6H3,(H2,19,20,21,22,23). The topological polar surface area (TPSA) is 89.0 Å². The molecule has 1 aromatic carbocycles. The fraction of sp³-hybridized carbons (Fsp3) is 0.471. The van der Waals surface area contributed by atoms with E-state index in [-0.39, 0.29) is 5.96 Å². The molecule has 0 aliphatic rings. The summed E-state index contributed by atoms with van der Waals surface area (Å²) in [5.74, 6) is -0.0763. The molecule has 0 bridgehead atoms. The van der Waals surface area contributed by atoms with Crippen molar-refractivity contribution in [3.8, 4) is 0 Å². The number of nitrogens with zero attached hydrogens (tertiary/aromatic N) is 1. The second-order valence-corrected chi connectivity index (χ2v) is 8.33. The molecule has 0 aromatic heterocycles. The lowest BCUT2D eigenvalue weighted by molar-refractivity contribution is 0.0545. The van der Waals surface area contributed by atoms with Crippen molar-refractivity contribution in [2.24, 2.45) is 4.99 Å². The molecular weight excluding hydrogens is 437 g/mol. The second kappa shape index (κ2) is 8.50. The van der Waals surface area contributed by atoms with Gasteiger partial charge in [-0.15, -0.1) is 0 Å². The summed E-state index contributed by atoms with van der Waals surface area (Å²) in [4.78, 5) is 28.3. The number of amides is 2. The summed E-state index contributed by atoms with van der Waals surface area (Å²) >= 11 is 2.11. The molecule has 2 amide bonds. The summed E-state index contributed by atoms with van der Waals surface area (Å²) in [6.07, 6.45) is -1.46. The molecule has 0 aliphatic heterocycles. The summed E-state index contributed by atoms with van der Waals surface area (Å²) in [5, 5.41) is 4.88. The Hall–Kier alpha value is -1.84. The summed E-state index contributed by atoms with van der Waals surface area (Å²) in [6, 6.07) is 7.29. The van der Waals surface area contributed by atoms with Gasteiger partial charge in [0.25, 0.3) is 0 Å². The molecule has 0 saturated carbocycles. The van der Waals surface area contributed by atoms with Crippen LogP contribution in [-0.4, -0.2) is 29.3 Å². The van der Waals surface area contributed by atoms with Crippen LogP contribution in [-0.2, 0) is 9.47 Å². The van der Waals surface area contributed by atoms with Crippen LogP contribution >= 0.6 is 22.6 Å². The van der Waals surface area contributed by atoms with Crippen LogP contribution in [0.2, 0.25) is 0 Å². The fourth-order valence-electron chi connectivity index (χ4n) is 1.55. The van der Waals surface area contributed by atoms with Gasteiger partial charge in [0, 0.05) is 3.57 Å². The lowest BCUT2D eigenvalue weighted by Crippen LogP contribution is -2.47. The van der Waals surface area contributed by atoms with Gasteiger partial charge in [-0.2, -0.15) is 0 Å². The SMILES string of the molecule is CC(C)(C)OC(=O)NC(=Nc1ccccc1I)NC(=O)OC(C)(C)C. The van der Waals surface area contributed by atoms with E-state index in [2.05, 4.69) is 38.2 Å².